The summed E-state index contributed by atoms with van der Waals surface area (Å²) in [7, 11) is 0. The zero-order chi connectivity index (χ0) is 17.4. The molecule has 2 heterocycles. The van der Waals surface area contributed by atoms with Gasteiger partial charge in [-0.1, -0.05) is 0 Å². The molecule has 0 radical (unpaired) electrons. The van der Waals surface area contributed by atoms with Crippen LogP contribution in [0, 0.1) is 13.8 Å². The highest BCUT2D eigenvalue weighted by molar-refractivity contribution is 7.15. The fourth-order valence-corrected chi connectivity index (χ4v) is 4.32. The van der Waals surface area contributed by atoms with Crippen LogP contribution < -0.4 is 0 Å². The predicted octanol–water partition coefficient (Wildman–Crippen LogP) is 5.16. The highest BCUT2D eigenvalue weighted by Gasteiger charge is 2.21. The van der Waals surface area contributed by atoms with Gasteiger partial charge in [0.05, 0.1) is 11.1 Å². The molecule has 6 heteroatoms. The Labute approximate surface area is 146 Å². The second-order valence-corrected chi connectivity index (χ2v) is 7.95. The monoisotopic (exact) mass is 358 g/mol. The first kappa shape index (κ1) is 16.4. The van der Waals surface area contributed by atoms with Crippen LogP contribution in [0.2, 0.25) is 0 Å². The molecule has 0 unspecified atom stereocenters. The van der Waals surface area contributed by atoms with E-state index in [0.717, 1.165) is 19.5 Å². The molecule has 0 fully saturated rings. The zero-order valence-corrected chi connectivity index (χ0v) is 14.6. The Bertz CT molecular complexity index is 872. The van der Waals surface area contributed by atoms with E-state index in [1.165, 1.54) is 34.8 Å². The fourth-order valence-electron chi connectivity index (χ4n) is 2.52. The van der Waals surface area contributed by atoms with Gasteiger partial charge in [-0.25, -0.2) is 9.59 Å². The number of carboxylic acid groups (broad SMARTS) is 2. The molecule has 0 amide bonds. The van der Waals surface area contributed by atoms with Gasteiger partial charge in [-0.2, -0.15) is 0 Å². The van der Waals surface area contributed by atoms with E-state index in [9.17, 15) is 19.8 Å². The molecule has 24 heavy (non-hydrogen) atoms. The first-order valence-electron chi connectivity index (χ1n) is 7.15. The van der Waals surface area contributed by atoms with Crippen molar-refractivity contribution in [2.75, 3.05) is 0 Å². The Hall–Kier alpha value is -2.44. The van der Waals surface area contributed by atoms with Gasteiger partial charge in [0.2, 0.25) is 0 Å². The molecule has 0 saturated heterocycles. The van der Waals surface area contributed by atoms with Crippen LogP contribution in [0.15, 0.2) is 36.4 Å². The fraction of sp³-hybridized carbons (Fsp3) is 0.111. The molecule has 2 N–H and O–H groups in total. The summed E-state index contributed by atoms with van der Waals surface area (Å²) in [4.78, 5) is 27.0. The van der Waals surface area contributed by atoms with Gasteiger partial charge in [0.15, 0.2) is 0 Å². The van der Waals surface area contributed by atoms with Crippen molar-refractivity contribution in [2.45, 2.75) is 13.8 Å². The van der Waals surface area contributed by atoms with Crippen LogP contribution in [-0.2, 0) is 0 Å². The normalized spacial score (nSPS) is 10.8. The van der Waals surface area contributed by atoms with Gasteiger partial charge in [-0.05, 0) is 50.2 Å². The average molecular weight is 358 g/mol. The first-order chi connectivity index (χ1) is 11.4. The van der Waals surface area contributed by atoms with Gasteiger partial charge < -0.3 is 10.2 Å². The minimum absolute atomic E-state index is 0.114. The summed E-state index contributed by atoms with van der Waals surface area (Å²) in [6, 6.07) is 10.4. The third-order valence-corrected chi connectivity index (χ3v) is 5.70. The van der Waals surface area contributed by atoms with E-state index in [-0.39, 0.29) is 11.1 Å². The maximum Gasteiger partial charge on any atom is 0.336 e. The SMILES string of the molecule is Cc1ccc(-c2cc(C(=O)O)c(-c3ccc(C)s3)cc2C(=O)O)s1. The summed E-state index contributed by atoms with van der Waals surface area (Å²) in [5.41, 5.74) is 1.11. The first-order valence-corrected chi connectivity index (χ1v) is 8.78. The van der Waals surface area contributed by atoms with E-state index in [1.54, 1.807) is 0 Å². The van der Waals surface area contributed by atoms with Crippen molar-refractivity contribution in [3.63, 3.8) is 0 Å². The van der Waals surface area contributed by atoms with Crippen LogP contribution in [0.5, 0.6) is 0 Å². The van der Waals surface area contributed by atoms with Crippen LogP contribution in [0.3, 0.4) is 0 Å². The van der Waals surface area contributed by atoms with Gasteiger partial charge in [0.25, 0.3) is 0 Å². The van der Waals surface area contributed by atoms with Crippen molar-refractivity contribution in [1.29, 1.82) is 0 Å². The summed E-state index contributed by atoms with van der Waals surface area (Å²) < 4.78 is 0. The molecule has 0 saturated carbocycles. The molecule has 0 aliphatic heterocycles. The van der Waals surface area contributed by atoms with E-state index in [4.69, 9.17) is 0 Å². The highest BCUT2D eigenvalue weighted by atomic mass is 32.1. The standard InChI is InChI=1S/C18H14O4S2/c1-9-3-5-15(23-9)11-7-14(18(21)22)12(8-13(11)17(19)20)16-6-4-10(2)24-16/h3-8H,1-2H3,(H,19,20)(H,21,22). The van der Waals surface area contributed by atoms with E-state index >= 15 is 0 Å². The number of thiophene rings is 2. The van der Waals surface area contributed by atoms with Crippen molar-refractivity contribution in [2.24, 2.45) is 0 Å². The second kappa shape index (κ2) is 6.22. The molecule has 1 aromatic carbocycles. The van der Waals surface area contributed by atoms with Crippen LogP contribution in [0.25, 0.3) is 20.9 Å². The van der Waals surface area contributed by atoms with Crippen molar-refractivity contribution >= 4 is 34.6 Å². The lowest BCUT2D eigenvalue weighted by molar-refractivity contribution is 0.0682. The van der Waals surface area contributed by atoms with Gasteiger partial charge >= 0.3 is 11.9 Å². The van der Waals surface area contributed by atoms with Crippen LogP contribution in [-0.4, -0.2) is 22.2 Å². The molecule has 4 nitrogen and oxygen atoms in total. The molecule has 0 bridgehead atoms. The minimum Gasteiger partial charge on any atom is -0.478 e. The van der Waals surface area contributed by atoms with Crippen molar-refractivity contribution < 1.29 is 19.8 Å². The minimum atomic E-state index is -1.07. The third-order valence-electron chi connectivity index (χ3n) is 3.63. The Morgan fingerprint density at radius 1 is 0.750 bits per heavy atom. The lowest BCUT2D eigenvalue weighted by atomic mass is 9.96. The molecule has 0 spiro atoms. The molecule has 2 aromatic heterocycles. The second-order valence-electron chi connectivity index (χ2n) is 5.37. The van der Waals surface area contributed by atoms with Crippen molar-refractivity contribution in [3.8, 4) is 20.9 Å². The smallest absolute Gasteiger partial charge is 0.336 e. The number of carbonyl (C=O) groups is 2. The van der Waals surface area contributed by atoms with Gasteiger partial charge in [-0.3, -0.25) is 0 Å². The van der Waals surface area contributed by atoms with Crippen molar-refractivity contribution in [3.05, 3.63) is 57.3 Å². The van der Waals surface area contributed by atoms with E-state index in [2.05, 4.69) is 0 Å². The molecule has 0 aliphatic rings. The molecule has 3 rings (SSSR count). The van der Waals surface area contributed by atoms with Gasteiger partial charge in [0.1, 0.15) is 0 Å². The molecule has 3 aromatic rings. The molecule has 0 atom stereocenters. The summed E-state index contributed by atoms with van der Waals surface area (Å²) in [5, 5.41) is 19.2. The average Bonchev–Trinajstić information content (AvgIpc) is 3.14. The number of carboxylic acids is 2. The van der Waals surface area contributed by atoms with Gasteiger partial charge in [-0.15, -0.1) is 22.7 Å². The number of benzene rings is 1. The predicted molar refractivity (Wildman–Crippen MR) is 96.5 cm³/mol. The topological polar surface area (TPSA) is 74.6 Å². The Balaban J connectivity index is 2.30. The number of rotatable bonds is 4. The Morgan fingerprint density at radius 3 is 1.38 bits per heavy atom. The Morgan fingerprint density at radius 2 is 1.12 bits per heavy atom. The maximum absolute atomic E-state index is 11.7. The lowest BCUT2D eigenvalue weighted by Gasteiger charge is -2.11. The molecular formula is C18H14O4S2. The zero-order valence-electron chi connectivity index (χ0n) is 13.0. The summed E-state index contributed by atoms with van der Waals surface area (Å²) in [5.74, 6) is -2.13. The highest BCUT2D eigenvalue weighted by Crippen LogP contribution is 2.37. The lowest BCUT2D eigenvalue weighted by Crippen LogP contribution is -2.05. The quantitative estimate of drug-likeness (QED) is 0.676. The van der Waals surface area contributed by atoms with E-state index in [1.807, 2.05) is 38.1 Å². The van der Waals surface area contributed by atoms with Crippen molar-refractivity contribution in [1.82, 2.24) is 0 Å². The molecule has 0 aliphatic carbocycles. The summed E-state index contributed by atoms with van der Waals surface area (Å²) >= 11 is 2.89. The molecule has 122 valence electrons. The number of hydrogen-bond donors (Lipinski definition) is 2. The van der Waals surface area contributed by atoms with E-state index in [0.29, 0.717) is 11.1 Å². The largest absolute Gasteiger partial charge is 0.478 e. The number of aryl methyl sites for hydroxylation is 2. The van der Waals surface area contributed by atoms with Crippen LogP contribution >= 0.6 is 22.7 Å². The summed E-state index contributed by atoms with van der Waals surface area (Å²) in [6.07, 6.45) is 0. The number of aromatic carboxylic acids is 2. The van der Waals surface area contributed by atoms with Gasteiger partial charge in [0, 0.05) is 30.6 Å². The summed E-state index contributed by atoms with van der Waals surface area (Å²) in [6.45, 7) is 3.85. The third kappa shape index (κ3) is 2.98. The molecular weight excluding hydrogens is 344 g/mol. The van der Waals surface area contributed by atoms with Crippen LogP contribution in [0.4, 0.5) is 0 Å². The maximum atomic E-state index is 11.7. The Kier molecular flexibility index (Phi) is 4.26. The van der Waals surface area contributed by atoms with Crippen LogP contribution in [0.1, 0.15) is 30.5 Å². The van der Waals surface area contributed by atoms with E-state index < -0.39 is 11.9 Å². The number of hydrogen-bond acceptors (Lipinski definition) is 4.